The van der Waals surface area contributed by atoms with Gasteiger partial charge in [-0.1, -0.05) is 65.2 Å². The molecule has 2 aliphatic rings. The number of urea groups is 1. The number of nitrogens with zero attached hydrogens (tertiary/aromatic N) is 2. The maximum atomic E-state index is 13.3. The number of rotatable bonds is 3. The Morgan fingerprint density at radius 1 is 0.879 bits per heavy atom. The first-order valence-electron chi connectivity index (χ1n) is 12.0. The van der Waals surface area contributed by atoms with Gasteiger partial charge in [-0.05, 0) is 76.0 Å². The van der Waals surface area contributed by atoms with Crippen LogP contribution < -0.4 is 10.2 Å². The number of aryl methyl sites for hydroxylation is 3. The van der Waals surface area contributed by atoms with Gasteiger partial charge in [-0.2, -0.15) is 0 Å². The van der Waals surface area contributed by atoms with Crippen LogP contribution in [0.4, 0.5) is 16.2 Å². The minimum atomic E-state index is -0.0389. The Morgan fingerprint density at radius 3 is 2.30 bits per heavy atom. The first kappa shape index (κ1) is 21.7. The van der Waals surface area contributed by atoms with Crippen molar-refractivity contribution in [3.8, 4) is 0 Å². The molecule has 2 heterocycles. The van der Waals surface area contributed by atoms with E-state index in [9.17, 15) is 4.79 Å². The van der Waals surface area contributed by atoms with E-state index < -0.39 is 0 Å². The quantitative estimate of drug-likeness (QED) is 0.527. The van der Waals surface area contributed by atoms with Gasteiger partial charge >= 0.3 is 6.03 Å². The van der Waals surface area contributed by atoms with Crippen LogP contribution in [0.15, 0.2) is 66.7 Å². The molecule has 0 radical (unpaired) electrons. The number of hydrogen-bond donors (Lipinski definition) is 1. The third-order valence-electron chi connectivity index (χ3n) is 7.32. The molecule has 5 rings (SSSR count). The summed E-state index contributed by atoms with van der Waals surface area (Å²) >= 11 is 0. The lowest BCUT2D eigenvalue weighted by molar-refractivity contribution is 0.160. The highest BCUT2D eigenvalue weighted by atomic mass is 16.2. The molecule has 170 valence electrons. The number of amides is 2. The summed E-state index contributed by atoms with van der Waals surface area (Å²) in [5.41, 5.74) is 8.43. The summed E-state index contributed by atoms with van der Waals surface area (Å²) in [4.78, 5) is 17.8. The largest absolute Gasteiger partial charge is 0.326 e. The van der Waals surface area contributed by atoms with Crippen molar-refractivity contribution in [3.63, 3.8) is 0 Å². The fourth-order valence-corrected chi connectivity index (χ4v) is 5.43. The predicted octanol–water partition coefficient (Wildman–Crippen LogP) is 6.20. The molecule has 0 bridgehead atoms. The summed E-state index contributed by atoms with van der Waals surface area (Å²) in [5, 5.41) is 3.11. The highest BCUT2D eigenvalue weighted by Crippen LogP contribution is 2.47. The second-order valence-electron chi connectivity index (χ2n) is 9.95. The van der Waals surface area contributed by atoms with E-state index >= 15 is 0 Å². The van der Waals surface area contributed by atoms with Gasteiger partial charge in [0.25, 0.3) is 0 Å². The number of fused-ring (bicyclic) bond motifs is 2. The number of hydrogen-bond acceptors (Lipinski definition) is 2. The molecule has 2 aliphatic heterocycles. The van der Waals surface area contributed by atoms with Crippen LogP contribution in [-0.2, 0) is 12.0 Å². The molecule has 0 aromatic heterocycles. The minimum Gasteiger partial charge on any atom is -0.308 e. The van der Waals surface area contributed by atoms with Crippen LogP contribution in [0.5, 0.6) is 0 Å². The van der Waals surface area contributed by atoms with Crippen LogP contribution in [0.3, 0.4) is 0 Å². The Hall–Kier alpha value is -3.11. The Bertz CT molecular complexity index is 1160. The summed E-state index contributed by atoms with van der Waals surface area (Å²) in [7, 11) is 0. The number of carbonyl (C=O) groups is 1. The standard InChI is InChI=1S/C29H33N3O/c1-21-7-10-25(11-8-21)30-28(33)32-20-29(26-18-23(3)9-12-27(26)32)13-15-31(16-14-29)19-24-6-4-5-22(2)17-24/h4-12,17-18H,13-16,19-20H2,1-3H3,(H,30,33). The first-order chi connectivity index (χ1) is 15.9. The van der Waals surface area contributed by atoms with E-state index in [1.807, 2.05) is 29.2 Å². The van der Waals surface area contributed by atoms with Crippen LogP contribution in [0, 0.1) is 20.8 Å². The van der Waals surface area contributed by atoms with E-state index in [0.717, 1.165) is 50.4 Å². The van der Waals surface area contributed by atoms with E-state index in [4.69, 9.17) is 0 Å². The molecule has 2 amide bonds. The molecule has 1 spiro atoms. The van der Waals surface area contributed by atoms with Crippen LogP contribution in [0.2, 0.25) is 0 Å². The summed E-state index contributed by atoms with van der Waals surface area (Å²) in [6.45, 7) is 10.2. The van der Waals surface area contributed by atoms with Crippen LogP contribution in [-0.4, -0.2) is 30.6 Å². The fourth-order valence-electron chi connectivity index (χ4n) is 5.43. The van der Waals surface area contributed by atoms with Crippen molar-refractivity contribution >= 4 is 17.4 Å². The van der Waals surface area contributed by atoms with Crippen molar-refractivity contribution in [2.45, 2.75) is 45.6 Å². The zero-order valence-electron chi connectivity index (χ0n) is 19.9. The molecule has 0 unspecified atom stereocenters. The summed E-state index contributed by atoms with van der Waals surface area (Å²) in [6.07, 6.45) is 2.15. The Balaban J connectivity index is 1.34. The lowest BCUT2D eigenvalue weighted by Crippen LogP contribution is -2.46. The van der Waals surface area contributed by atoms with E-state index in [1.54, 1.807) is 0 Å². The lowest BCUT2D eigenvalue weighted by atomic mass is 9.74. The normalized spacial score (nSPS) is 17.2. The molecule has 1 saturated heterocycles. The minimum absolute atomic E-state index is 0.0368. The molecule has 0 atom stereocenters. The smallest absolute Gasteiger partial charge is 0.308 e. The van der Waals surface area contributed by atoms with Gasteiger partial charge in [-0.3, -0.25) is 9.80 Å². The van der Waals surface area contributed by atoms with Crippen LogP contribution in [0.25, 0.3) is 0 Å². The van der Waals surface area contributed by atoms with Gasteiger partial charge in [0.05, 0.1) is 0 Å². The molecule has 1 fully saturated rings. The molecule has 33 heavy (non-hydrogen) atoms. The van der Waals surface area contributed by atoms with Gasteiger partial charge < -0.3 is 5.32 Å². The van der Waals surface area contributed by atoms with Gasteiger partial charge in [-0.25, -0.2) is 4.79 Å². The van der Waals surface area contributed by atoms with E-state index in [2.05, 4.69) is 73.5 Å². The molecule has 1 N–H and O–H groups in total. The average molecular weight is 440 g/mol. The number of likely N-dealkylation sites (tertiary alicyclic amines) is 1. The van der Waals surface area contributed by atoms with Crippen LogP contribution >= 0.6 is 0 Å². The SMILES string of the molecule is Cc1ccc(NC(=O)N2CC3(CCN(Cc4cccc(C)c4)CC3)c3cc(C)ccc32)cc1. The average Bonchev–Trinajstić information content (AvgIpc) is 3.10. The van der Waals surface area contributed by atoms with Crippen molar-refractivity contribution < 1.29 is 4.79 Å². The molecule has 4 heteroatoms. The fraction of sp³-hybridized carbons (Fsp3) is 0.345. The topological polar surface area (TPSA) is 35.6 Å². The van der Waals surface area contributed by atoms with Crippen molar-refractivity contribution in [3.05, 3.63) is 94.5 Å². The molecular weight excluding hydrogens is 406 g/mol. The third-order valence-corrected chi connectivity index (χ3v) is 7.32. The Kier molecular flexibility index (Phi) is 5.71. The monoisotopic (exact) mass is 439 g/mol. The molecule has 3 aromatic rings. The summed E-state index contributed by atoms with van der Waals surface area (Å²) in [5.74, 6) is 0. The highest BCUT2D eigenvalue weighted by Gasteiger charge is 2.46. The maximum absolute atomic E-state index is 13.3. The third kappa shape index (κ3) is 4.40. The van der Waals surface area contributed by atoms with E-state index in [-0.39, 0.29) is 11.4 Å². The zero-order valence-corrected chi connectivity index (χ0v) is 19.9. The molecule has 0 saturated carbocycles. The van der Waals surface area contributed by atoms with Gasteiger partial charge in [0, 0.05) is 29.9 Å². The van der Waals surface area contributed by atoms with Crippen molar-refractivity contribution in [1.29, 1.82) is 0 Å². The lowest BCUT2D eigenvalue weighted by Gasteiger charge is -2.40. The number of piperidine rings is 1. The Labute approximate surface area is 197 Å². The molecule has 4 nitrogen and oxygen atoms in total. The predicted molar refractivity (Wildman–Crippen MR) is 136 cm³/mol. The van der Waals surface area contributed by atoms with Gasteiger partial charge in [0.15, 0.2) is 0 Å². The maximum Gasteiger partial charge on any atom is 0.326 e. The number of benzene rings is 3. The molecular formula is C29H33N3O. The van der Waals surface area contributed by atoms with Crippen LogP contribution in [0.1, 0.15) is 40.7 Å². The number of anilines is 2. The number of carbonyl (C=O) groups excluding carboxylic acids is 1. The van der Waals surface area contributed by atoms with E-state index in [1.165, 1.54) is 27.8 Å². The van der Waals surface area contributed by atoms with Gasteiger partial charge in [0.1, 0.15) is 0 Å². The second kappa shape index (κ2) is 8.68. The van der Waals surface area contributed by atoms with Crippen molar-refractivity contribution in [2.24, 2.45) is 0 Å². The second-order valence-corrected chi connectivity index (χ2v) is 9.95. The van der Waals surface area contributed by atoms with Crippen molar-refractivity contribution in [1.82, 2.24) is 4.90 Å². The van der Waals surface area contributed by atoms with Gasteiger partial charge in [-0.15, -0.1) is 0 Å². The summed E-state index contributed by atoms with van der Waals surface area (Å²) < 4.78 is 0. The zero-order chi connectivity index (χ0) is 23.0. The molecule has 3 aromatic carbocycles. The van der Waals surface area contributed by atoms with E-state index in [0.29, 0.717) is 0 Å². The van der Waals surface area contributed by atoms with Gasteiger partial charge in [0.2, 0.25) is 0 Å². The number of nitrogens with one attached hydrogen (secondary N) is 1. The highest BCUT2D eigenvalue weighted by molar-refractivity contribution is 6.03. The summed E-state index contributed by atoms with van der Waals surface area (Å²) in [6, 6.07) is 23.3. The molecule has 0 aliphatic carbocycles. The van der Waals surface area contributed by atoms with Crippen molar-refractivity contribution in [2.75, 3.05) is 29.9 Å². The first-order valence-corrected chi connectivity index (χ1v) is 12.0. The Morgan fingerprint density at radius 2 is 1.58 bits per heavy atom.